The number of carbonyl (C=O) groups is 1. The number of primary amides is 1. The van der Waals surface area contributed by atoms with E-state index in [0.29, 0.717) is 30.7 Å². The molecule has 0 heterocycles. The quantitative estimate of drug-likeness (QED) is 0.785. The van der Waals surface area contributed by atoms with Gasteiger partial charge in [-0.05, 0) is 25.2 Å². The number of hydrogen-bond acceptors (Lipinski definition) is 3. The summed E-state index contributed by atoms with van der Waals surface area (Å²) >= 11 is 0. The van der Waals surface area contributed by atoms with E-state index in [-0.39, 0.29) is 11.3 Å². The summed E-state index contributed by atoms with van der Waals surface area (Å²) in [6, 6.07) is 0.957. The van der Waals surface area contributed by atoms with Crippen LogP contribution in [0, 0.1) is 11.3 Å². The van der Waals surface area contributed by atoms with E-state index in [9.17, 15) is 4.79 Å². The summed E-state index contributed by atoms with van der Waals surface area (Å²) in [5.74, 6) is 0.362. The Labute approximate surface area is 129 Å². The Morgan fingerprint density at radius 2 is 1.95 bits per heavy atom. The van der Waals surface area contributed by atoms with E-state index >= 15 is 0 Å². The number of nitrogens with two attached hydrogens (primary N) is 1. The minimum Gasteiger partial charge on any atom is -0.377 e. The zero-order valence-electron chi connectivity index (χ0n) is 14.1. The standard InChI is InChI=1S/C17H32N2O2/c1-12(2)11-21-15-9-14(17(15,3)4)19(10-16(18)20)13-7-5-6-8-13/h12-15H,5-11H2,1-4H3,(H2,18,20)/t14-,15+/m0/s1. The first-order valence-electron chi connectivity index (χ1n) is 8.48. The Balaban J connectivity index is 1.99. The second kappa shape index (κ2) is 6.66. The minimum atomic E-state index is -0.204. The number of rotatable bonds is 7. The molecule has 4 nitrogen and oxygen atoms in total. The van der Waals surface area contributed by atoms with Crippen molar-refractivity contribution in [2.45, 2.75) is 78.0 Å². The normalized spacial score (nSPS) is 29.0. The van der Waals surface area contributed by atoms with Crippen LogP contribution in [0.2, 0.25) is 0 Å². The third kappa shape index (κ3) is 3.78. The van der Waals surface area contributed by atoms with Gasteiger partial charge in [-0.3, -0.25) is 9.69 Å². The van der Waals surface area contributed by atoms with Crippen LogP contribution in [0.25, 0.3) is 0 Å². The molecule has 122 valence electrons. The fraction of sp³-hybridized carbons (Fsp3) is 0.941. The number of amides is 1. The summed E-state index contributed by atoms with van der Waals surface area (Å²) in [5, 5.41) is 0. The fourth-order valence-electron chi connectivity index (χ4n) is 3.93. The SMILES string of the molecule is CC(C)CO[C@@H]1C[C@H](N(CC(N)=O)C2CCCC2)C1(C)C. The molecule has 0 saturated heterocycles. The lowest BCUT2D eigenvalue weighted by Crippen LogP contribution is -2.65. The van der Waals surface area contributed by atoms with Gasteiger partial charge in [0, 0.05) is 24.1 Å². The molecule has 0 aromatic carbocycles. The largest absolute Gasteiger partial charge is 0.377 e. The molecule has 1 amide bonds. The van der Waals surface area contributed by atoms with Crippen LogP contribution in [-0.4, -0.2) is 42.1 Å². The highest BCUT2D eigenvalue weighted by atomic mass is 16.5. The van der Waals surface area contributed by atoms with Gasteiger partial charge in [-0.1, -0.05) is 40.5 Å². The number of hydrogen-bond donors (Lipinski definition) is 1. The van der Waals surface area contributed by atoms with Gasteiger partial charge < -0.3 is 10.5 Å². The van der Waals surface area contributed by atoms with Crippen molar-refractivity contribution >= 4 is 5.91 Å². The third-order valence-electron chi connectivity index (χ3n) is 5.29. The van der Waals surface area contributed by atoms with E-state index in [0.717, 1.165) is 13.0 Å². The van der Waals surface area contributed by atoms with Gasteiger partial charge in [-0.25, -0.2) is 0 Å². The number of ether oxygens (including phenoxy) is 1. The highest BCUT2D eigenvalue weighted by Gasteiger charge is 2.53. The lowest BCUT2D eigenvalue weighted by molar-refractivity contribution is -0.166. The zero-order chi connectivity index (χ0) is 15.6. The summed E-state index contributed by atoms with van der Waals surface area (Å²) in [6.07, 6.45) is 6.31. The van der Waals surface area contributed by atoms with Crippen LogP contribution in [0.4, 0.5) is 0 Å². The highest BCUT2D eigenvalue weighted by molar-refractivity contribution is 5.76. The van der Waals surface area contributed by atoms with Gasteiger partial charge in [0.1, 0.15) is 0 Å². The van der Waals surface area contributed by atoms with Crippen LogP contribution < -0.4 is 5.73 Å². The van der Waals surface area contributed by atoms with Crippen molar-refractivity contribution in [2.75, 3.05) is 13.2 Å². The maximum Gasteiger partial charge on any atom is 0.231 e. The van der Waals surface area contributed by atoms with Crippen molar-refractivity contribution in [3.8, 4) is 0 Å². The molecule has 0 unspecified atom stereocenters. The van der Waals surface area contributed by atoms with Gasteiger partial charge in [-0.2, -0.15) is 0 Å². The second-order valence-electron chi connectivity index (χ2n) is 7.87. The van der Waals surface area contributed by atoms with E-state index < -0.39 is 0 Å². The van der Waals surface area contributed by atoms with Gasteiger partial charge in [-0.15, -0.1) is 0 Å². The Bertz CT molecular complexity index is 362. The Hall–Kier alpha value is -0.610. The van der Waals surface area contributed by atoms with Crippen molar-refractivity contribution in [3.05, 3.63) is 0 Å². The molecule has 2 aliphatic carbocycles. The number of nitrogens with zero attached hydrogens (tertiary/aromatic N) is 1. The van der Waals surface area contributed by atoms with Crippen molar-refractivity contribution in [2.24, 2.45) is 17.1 Å². The van der Waals surface area contributed by atoms with Crippen molar-refractivity contribution < 1.29 is 9.53 Å². The van der Waals surface area contributed by atoms with Crippen LogP contribution in [0.5, 0.6) is 0 Å². The molecule has 0 aromatic rings. The minimum absolute atomic E-state index is 0.104. The van der Waals surface area contributed by atoms with Crippen molar-refractivity contribution in [1.29, 1.82) is 0 Å². The molecular formula is C17H32N2O2. The predicted octanol–water partition coefficient (Wildman–Crippen LogP) is 2.56. The molecule has 0 radical (unpaired) electrons. The maximum absolute atomic E-state index is 11.5. The van der Waals surface area contributed by atoms with Crippen LogP contribution >= 0.6 is 0 Å². The predicted molar refractivity (Wildman–Crippen MR) is 84.9 cm³/mol. The first-order chi connectivity index (χ1) is 9.82. The van der Waals surface area contributed by atoms with E-state index in [1.165, 1.54) is 25.7 Å². The molecule has 2 fully saturated rings. The maximum atomic E-state index is 11.5. The first kappa shape index (κ1) is 16.8. The molecule has 2 N–H and O–H groups in total. The molecule has 2 aliphatic rings. The van der Waals surface area contributed by atoms with Gasteiger partial charge >= 0.3 is 0 Å². The average molecular weight is 296 g/mol. The summed E-state index contributed by atoms with van der Waals surface area (Å²) in [4.78, 5) is 13.8. The molecule has 0 spiro atoms. The second-order valence-corrected chi connectivity index (χ2v) is 7.87. The first-order valence-corrected chi connectivity index (χ1v) is 8.48. The molecule has 2 saturated carbocycles. The van der Waals surface area contributed by atoms with E-state index in [4.69, 9.17) is 10.5 Å². The van der Waals surface area contributed by atoms with E-state index in [1.807, 2.05) is 0 Å². The Kier molecular flexibility index (Phi) is 5.31. The van der Waals surface area contributed by atoms with Gasteiger partial charge in [0.2, 0.25) is 5.91 Å². The summed E-state index contributed by atoms with van der Waals surface area (Å²) < 4.78 is 6.06. The monoisotopic (exact) mass is 296 g/mol. The molecule has 0 bridgehead atoms. The number of carbonyl (C=O) groups excluding carboxylic acids is 1. The highest BCUT2D eigenvalue weighted by Crippen LogP contribution is 2.47. The molecular weight excluding hydrogens is 264 g/mol. The van der Waals surface area contributed by atoms with Crippen molar-refractivity contribution in [3.63, 3.8) is 0 Å². The molecule has 0 aromatic heterocycles. The Morgan fingerprint density at radius 3 is 2.43 bits per heavy atom. The summed E-state index contributed by atoms with van der Waals surface area (Å²) in [7, 11) is 0. The summed E-state index contributed by atoms with van der Waals surface area (Å²) in [6.45, 7) is 10.1. The smallest absolute Gasteiger partial charge is 0.231 e. The van der Waals surface area contributed by atoms with Crippen LogP contribution in [-0.2, 0) is 9.53 Å². The van der Waals surface area contributed by atoms with Gasteiger partial charge in [0.15, 0.2) is 0 Å². The topological polar surface area (TPSA) is 55.6 Å². The lowest BCUT2D eigenvalue weighted by Gasteiger charge is -2.57. The van der Waals surface area contributed by atoms with Crippen LogP contribution in [0.15, 0.2) is 0 Å². The van der Waals surface area contributed by atoms with Crippen LogP contribution in [0.3, 0.4) is 0 Å². The molecule has 21 heavy (non-hydrogen) atoms. The third-order valence-corrected chi connectivity index (χ3v) is 5.29. The van der Waals surface area contributed by atoms with E-state index in [1.54, 1.807) is 0 Å². The van der Waals surface area contributed by atoms with E-state index in [2.05, 4.69) is 32.6 Å². The Morgan fingerprint density at radius 1 is 1.33 bits per heavy atom. The molecule has 4 heteroatoms. The summed E-state index contributed by atoms with van der Waals surface area (Å²) in [5.41, 5.74) is 5.59. The molecule has 0 aliphatic heterocycles. The average Bonchev–Trinajstić information content (AvgIpc) is 2.88. The zero-order valence-corrected chi connectivity index (χ0v) is 14.1. The molecule has 2 atom stereocenters. The van der Waals surface area contributed by atoms with Gasteiger partial charge in [0.05, 0.1) is 12.6 Å². The van der Waals surface area contributed by atoms with Crippen molar-refractivity contribution in [1.82, 2.24) is 4.90 Å². The lowest BCUT2D eigenvalue weighted by atomic mass is 9.63. The molecule has 2 rings (SSSR count). The fourth-order valence-corrected chi connectivity index (χ4v) is 3.93. The van der Waals surface area contributed by atoms with Gasteiger partial charge in [0.25, 0.3) is 0 Å². The van der Waals surface area contributed by atoms with Crippen LogP contribution in [0.1, 0.15) is 59.8 Å².